The minimum Gasteiger partial charge on any atom is -0.304 e. The lowest BCUT2D eigenvalue weighted by atomic mass is 10.1. The van der Waals surface area contributed by atoms with Crippen molar-refractivity contribution in [3.05, 3.63) is 42.1 Å². The van der Waals surface area contributed by atoms with Crippen LogP contribution in [0.2, 0.25) is 0 Å². The monoisotopic (exact) mass is 255 g/mol. The van der Waals surface area contributed by atoms with Gasteiger partial charge in [0.25, 0.3) is 0 Å². The van der Waals surface area contributed by atoms with Crippen molar-refractivity contribution in [2.45, 2.75) is 19.5 Å². The predicted octanol–water partition coefficient (Wildman–Crippen LogP) is 2.37. The standard InChI is InChI=1S/C16H21N3/c1-13-11-18(2)9-10-19(13)12-15-6-3-5-14-7-4-8-17-16(14)15/h3-8,13H,9-12H2,1-2H3. The number of hydrogen-bond acceptors (Lipinski definition) is 3. The van der Waals surface area contributed by atoms with Gasteiger partial charge in [-0.3, -0.25) is 9.88 Å². The van der Waals surface area contributed by atoms with E-state index in [4.69, 9.17) is 0 Å². The lowest BCUT2D eigenvalue weighted by Gasteiger charge is -2.38. The van der Waals surface area contributed by atoms with E-state index < -0.39 is 0 Å². The van der Waals surface area contributed by atoms with Crippen LogP contribution in [0.4, 0.5) is 0 Å². The van der Waals surface area contributed by atoms with Crippen molar-refractivity contribution in [1.29, 1.82) is 0 Å². The molecular weight excluding hydrogens is 234 g/mol. The molecular formula is C16H21N3. The Morgan fingerprint density at radius 3 is 2.89 bits per heavy atom. The number of fused-ring (bicyclic) bond motifs is 1. The molecule has 3 rings (SSSR count). The SMILES string of the molecule is CC1CN(C)CCN1Cc1cccc2cccnc12. The highest BCUT2D eigenvalue weighted by Gasteiger charge is 2.21. The molecule has 0 radical (unpaired) electrons. The highest BCUT2D eigenvalue weighted by atomic mass is 15.3. The Balaban J connectivity index is 1.85. The van der Waals surface area contributed by atoms with Crippen LogP contribution in [0.3, 0.4) is 0 Å². The molecule has 0 amide bonds. The summed E-state index contributed by atoms with van der Waals surface area (Å²) in [7, 11) is 2.20. The van der Waals surface area contributed by atoms with Crippen molar-refractivity contribution in [2.75, 3.05) is 26.7 Å². The van der Waals surface area contributed by atoms with Crippen LogP contribution >= 0.6 is 0 Å². The molecule has 2 aromatic rings. The van der Waals surface area contributed by atoms with E-state index in [2.05, 4.69) is 53.0 Å². The van der Waals surface area contributed by atoms with E-state index in [1.807, 2.05) is 12.3 Å². The van der Waals surface area contributed by atoms with Crippen molar-refractivity contribution in [3.63, 3.8) is 0 Å². The van der Waals surface area contributed by atoms with Crippen molar-refractivity contribution in [2.24, 2.45) is 0 Å². The van der Waals surface area contributed by atoms with Crippen molar-refractivity contribution in [3.8, 4) is 0 Å². The molecule has 3 heteroatoms. The molecule has 1 aliphatic rings. The van der Waals surface area contributed by atoms with Gasteiger partial charge in [-0.25, -0.2) is 0 Å². The van der Waals surface area contributed by atoms with E-state index in [0.29, 0.717) is 6.04 Å². The van der Waals surface area contributed by atoms with Crippen LogP contribution < -0.4 is 0 Å². The smallest absolute Gasteiger partial charge is 0.0746 e. The third-order valence-corrected chi connectivity index (χ3v) is 4.06. The van der Waals surface area contributed by atoms with E-state index in [0.717, 1.165) is 31.7 Å². The minimum atomic E-state index is 0.609. The van der Waals surface area contributed by atoms with Gasteiger partial charge in [0, 0.05) is 43.8 Å². The second-order valence-corrected chi connectivity index (χ2v) is 5.57. The highest BCUT2D eigenvalue weighted by Crippen LogP contribution is 2.19. The highest BCUT2D eigenvalue weighted by molar-refractivity contribution is 5.81. The van der Waals surface area contributed by atoms with Crippen LogP contribution in [0.25, 0.3) is 10.9 Å². The third-order valence-electron chi connectivity index (χ3n) is 4.06. The Morgan fingerprint density at radius 1 is 1.21 bits per heavy atom. The molecule has 0 spiro atoms. The normalized spacial score (nSPS) is 21.9. The van der Waals surface area contributed by atoms with Gasteiger partial charge in [-0.05, 0) is 25.6 Å². The van der Waals surface area contributed by atoms with Crippen molar-refractivity contribution < 1.29 is 0 Å². The molecule has 1 aromatic heterocycles. The molecule has 1 atom stereocenters. The lowest BCUT2D eigenvalue weighted by Crippen LogP contribution is -2.49. The first-order chi connectivity index (χ1) is 9.24. The Morgan fingerprint density at radius 2 is 2.05 bits per heavy atom. The summed E-state index contributed by atoms with van der Waals surface area (Å²) in [5, 5.41) is 1.24. The molecule has 0 N–H and O–H groups in total. The fourth-order valence-corrected chi connectivity index (χ4v) is 2.93. The van der Waals surface area contributed by atoms with Gasteiger partial charge in [-0.1, -0.05) is 24.3 Å². The molecule has 1 saturated heterocycles. The topological polar surface area (TPSA) is 19.4 Å². The number of rotatable bonds is 2. The molecule has 0 saturated carbocycles. The van der Waals surface area contributed by atoms with Crippen LogP contribution in [0.15, 0.2) is 36.5 Å². The van der Waals surface area contributed by atoms with Gasteiger partial charge in [0.05, 0.1) is 5.52 Å². The average Bonchev–Trinajstić information content (AvgIpc) is 2.42. The van der Waals surface area contributed by atoms with E-state index in [9.17, 15) is 0 Å². The number of likely N-dealkylation sites (N-methyl/N-ethyl adjacent to an activating group) is 1. The van der Waals surface area contributed by atoms with Gasteiger partial charge in [-0.15, -0.1) is 0 Å². The summed E-state index contributed by atoms with van der Waals surface area (Å²) in [6, 6.07) is 11.2. The zero-order valence-electron chi connectivity index (χ0n) is 11.7. The van der Waals surface area contributed by atoms with Gasteiger partial charge in [-0.2, -0.15) is 0 Å². The van der Waals surface area contributed by atoms with Crippen LogP contribution in [0.5, 0.6) is 0 Å². The molecule has 3 nitrogen and oxygen atoms in total. The third kappa shape index (κ3) is 2.62. The molecule has 1 aliphatic heterocycles. The molecule has 0 bridgehead atoms. The number of benzene rings is 1. The molecule has 19 heavy (non-hydrogen) atoms. The first kappa shape index (κ1) is 12.6. The number of pyridine rings is 1. The zero-order chi connectivity index (χ0) is 13.2. The molecule has 0 aliphatic carbocycles. The lowest BCUT2D eigenvalue weighted by molar-refractivity contribution is 0.0941. The number of para-hydroxylation sites is 1. The number of aromatic nitrogens is 1. The maximum absolute atomic E-state index is 4.55. The first-order valence-electron chi connectivity index (χ1n) is 6.99. The van der Waals surface area contributed by atoms with E-state index in [1.165, 1.54) is 10.9 Å². The van der Waals surface area contributed by atoms with Crippen LogP contribution in [0, 0.1) is 0 Å². The zero-order valence-corrected chi connectivity index (χ0v) is 11.7. The fourth-order valence-electron chi connectivity index (χ4n) is 2.93. The molecule has 1 aromatic carbocycles. The first-order valence-corrected chi connectivity index (χ1v) is 6.99. The maximum atomic E-state index is 4.55. The van der Waals surface area contributed by atoms with Gasteiger partial charge >= 0.3 is 0 Å². The van der Waals surface area contributed by atoms with Crippen LogP contribution in [-0.4, -0.2) is 47.5 Å². The Labute approximate surface area is 114 Å². The molecule has 2 heterocycles. The Hall–Kier alpha value is -1.45. The number of hydrogen-bond donors (Lipinski definition) is 0. The summed E-state index contributed by atoms with van der Waals surface area (Å²) in [5.74, 6) is 0. The van der Waals surface area contributed by atoms with Crippen LogP contribution in [0.1, 0.15) is 12.5 Å². The van der Waals surface area contributed by atoms with E-state index >= 15 is 0 Å². The number of piperazine rings is 1. The summed E-state index contributed by atoms with van der Waals surface area (Å²) >= 11 is 0. The van der Waals surface area contributed by atoms with E-state index in [-0.39, 0.29) is 0 Å². The second kappa shape index (κ2) is 5.27. The summed E-state index contributed by atoms with van der Waals surface area (Å²) in [5.41, 5.74) is 2.49. The quantitative estimate of drug-likeness (QED) is 0.821. The number of nitrogens with zero attached hydrogens (tertiary/aromatic N) is 3. The minimum absolute atomic E-state index is 0.609. The van der Waals surface area contributed by atoms with Crippen LogP contribution in [-0.2, 0) is 6.54 Å². The van der Waals surface area contributed by atoms with E-state index in [1.54, 1.807) is 0 Å². The van der Waals surface area contributed by atoms with Crippen molar-refractivity contribution >= 4 is 10.9 Å². The maximum Gasteiger partial charge on any atom is 0.0746 e. The summed E-state index contributed by atoms with van der Waals surface area (Å²) in [6.07, 6.45) is 1.89. The largest absolute Gasteiger partial charge is 0.304 e. The van der Waals surface area contributed by atoms with Gasteiger partial charge < -0.3 is 4.90 Å². The van der Waals surface area contributed by atoms with Gasteiger partial charge in [0.15, 0.2) is 0 Å². The van der Waals surface area contributed by atoms with Gasteiger partial charge in [0.1, 0.15) is 0 Å². The molecule has 1 unspecified atom stereocenters. The molecule has 100 valence electrons. The fraction of sp³-hybridized carbons (Fsp3) is 0.438. The Kier molecular flexibility index (Phi) is 3.49. The second-order valence-electron chi connectivity index (χ2n) is 5.57. The molecule has 1 fully saturated rings. The summed E-state index contributed by atoms with van der Waals surface area (Å²) < 4.78 is 0. The summed E-state index contributed by atoms with van der Waals surface area (Å²) in [6.45, 7) is 6.76. The van der Waals surface area contributed by atoms with Gasteiger partial charge in [0.2, 0.25) is 0 Å². The average molecular weight is 255 g/mol. The predicted molar refractivity (Wildman–Crippen MR) is 79.1 cm³/mol. The van der Waals surface area contributed by atoms with Crippen molar-refractivity contribution in [1.82, 2.24) is 14.8 Å². The summed E-state index contributed by atoms with van der Waals surface area (Å²) in [4.78, 5) is 9.51. The Bertz CT molecular complexity index is 561.